The minimum absolute atomic E-state index is 0.0169. The Morgan fingerprint density at radius 2 is 1.80 bits per heavy atom. The molecule has 0 spiro atoms. The summed E-state index contributed by atoms with van der Waals surface area (Å²) in [5, 5.41) is 21.0. The van der Waals surface area contributed by atoms with Crippen LogP contribution in [-0.4, -0.2) is 73.8 Å². The highest BCUT2D eigenvalue weighted by atomic mass is 32.2. The minimum Gasteiger partial charge on any atom is -0.497 e. The number of aliphatic hydroxyl groups is 1. The van der Waals surface area contributed by atoms with E-state index in [1.165, 1.54) is 24.7 Å². The minimum atomic E-state index is -3.91. The lowest BCUT2D eigenvalue weighted by Crippen LogP contribution is -2.52. The number of benzene rings is 2. The third-order valence-electron chi connectivity index (χ3n) is 9.91. The maximum Gasteiger partial charge on any atom is 0.413 e. The summed E-state index contributed by atoms with van der Waals surface area (Å²) < 4.78 is 71.2. The smallest absolute Gasteiger partial charge is 0.413 e. The molecule has 0 saturated heterocycles. The van der Waals surface area contributed by atoms with Gasteiger partial charge >= 0.3 is 11.9 Å². The Hall–Kier alpha value is -5.10. The van der Waals surface area contributed by atoms with Crippen molar-refractivity contribution in [1.82, 2.24) is 20.8 Å². The number of sulfone groups is 1. The molecular formula is C38H44N4O12S. The van der Waals surface area contributed by atoms with E-state index >= 15 is 0 Å². The second-order valence-electron chi connectivity index (χ2n) is 14.0. The Bertz CT molecular complexity index is 2150. The maximum absolute atomic E-state index is 13.8. The van der Waals surface area contributed by atoms with Crippen LogP contribution in [0.3, 0.4) is 0 Å². The second kappa shape index (κ2) is 16.7. The summed E-state index contributed by atoms with van der Waals surface area (Å²) in [7, 11) is -2.31. The summed E-state index contributed by atoms with van der Waals surface area (Å²) in [5.74, 6) is 2.52. The normalized spacial score (nSPS) is 18.6. The van der Waals surface area contributed by atoms with Gasteiger partial charge in [0.05, 0.1) is 36.5 Å². The lowest BCUT2D eigenvalue weighted by Gasteiger charge is -2.33. The molecule has 0 bridgehead atoms. The first kappa shape index (κ1) is 38.2. The van der Waals surface area contributed by atoms with Gasteiger partial charge in [0.25, 0.3) is 5.89 Å². The van der Waals surface area contributed by atoms with E-state index in [2.05, 4.69) is 20.8 Å². The van der Waals surface area contributed by atoms with Crippen molar-refractivity contribution in [3.05, 3.63) is 66.9 Å². The van der Waals surface area contributed by atoms with E-state index in [1.807, 2.05) is 24.3 Å². The van der Waals surface area contributed by atoms with Crippen LogP contribution in [0.15, 0.2) is 79.3 Å². The number of carbonyl (C=O) groups is 1. The van der Waals surface area contributed by atoms with Gasteiger partial charge in [-0.25, -0.2) is 13.2 Å². The van der Waals surface area contributed by atoms with Gasteiger partial charge in [0.2, 0.25) is 6.79 Å². The number of amides is 1. The Morgan fingerprint density at radius 1 is 1.02 bits per heavy atom. The van der Waals surface area contributed by atoms with E-state index < -0.39 is 33.5 Å². The Morgan fingerprint density at radius 3 is 2.56 bits per heavy atom. The van der Waals surface area contributed by atoms with Crippen molar-refractivity contribution in [3.8, 4) is 34.5 Å². The fourth-order valence-corrected chi connectivity index (χ4v) is 8.80. The number of nitrogens with one attached hydrogen (secondary N) is 2. The van der Waals surface area contributed by atoms with Gasteiger partial charge in [-0.2, -0.15) is 4.98 Å². The lowest BCUT2D eigenvalue weighted by atomic mass is 9.82. The van der Waals surface area contributed by atoms with Gasteiger partial charge in [0, 0.05) is 18.2 Å². The van der Waals surface area contributed by atoms with E-state index in [9.17, 15) is 18.3 Å². The molecule has 1 aliphatic heterocycles. The molecule has 7 rings (SSSR count). The highest BCUT2D eigenvalue weighted by Crippen LogP contribution is 2.36. The summed E-state index contributed by atoms with van der Waals surface area (Å²) in [6.07, 6.45) is 4.12. The summed E-state index contributed by atoms with van der Waals surface area (Å²) in [5.41, 5.74) is 0.773. The number of aromatic nitrogens is 2. The van der Waals surface area contributed by atoms with Crippen LogP contribution < -0.4 is 29.6 Å². The highest BCUT2D eigenvalue weighted by molar-refractivity contribution is 7.92. The first-order valence-electron chi connectivity index (χ1n) is 18.1. The van der Waals surface area contributed by atoms with Crippen molar-refractivity contribution in [1.29, 1.82) is 0 Å². The monoisotopic (exact) mass is 780 g/mol. The largest absolute Gasteiger partial charge is 0.497 e. The molecule has 55 heavy (non-hydrogen) atoms. The fraction of sp³-hybridized carbons (Fsp3) is 0.447. The number of furan rings is 2. The molecule has 1 unspecified atom stereocenters. The number of nitrogens with zero attached hydrogens (tertiary/aromatic N) is 2. The van der Waals surface area contributed by atoms with Crippen LogP contribution in [0.1, 0.15) is 51.8 Å². The molecule has 294 valence electrons. The standard InChI is InChI=1S/C38H44N4O12S/c1-22(2)36(55(45,46)27-12-13-31-32(17-27)52-21-51-31)39-18-30(43)29(40-38(44)53-33-19-50-37-28(33)14-15-48-37)16-23-4-8-26(9-5-23)49-20-34-41-35(54-42-34)24-6-10-25(47-3)11-7-24/h6-7,10-15,17,19,22-23,26,29-30,36,39,43H,4-5,8-9,16,18,20-21H2,1-3H3,(H,40,44)/t23?,26?,29-,30+,36?/m0/s1. The molecule has 1 saturated carbocycles. The van der Waals surface area contributed by atoms with Crippen molar-refractivity contribution in [3.63, 3.8) is 0 Å². The zero-order valence-corrected chi connectivity index (χ0v) is 31.5. The molecule has 3 N–H and O–H groups in total. The van der Waals surface area contributed by atoms with Crippen molar-refractivity contribution in [2.45, 2.75) is 81.1 Å². The number of ether oxygens (including phenoxy) is 5. The summed E-state index contributed by atoms with van der Waals surface area (Å²) in [4.78, 5) is 17.7. The van der Waals surface area contributed by atoms with E-state index in [4.69, 9.17) is 37.0 Å². The summed E-state index contributed by atoms with van der Waals surface area (Å²) >= 11 is 0. The van der Waals surface area contributed by atoms with Crippen molar-refractivity contribution in [2.75, 3.05) is 20.4 Å². The molecule has 17 heteroatoms. The number of methoxy groups -OCH3 is 1. The highest BCUT2D eigenvalue weighted by Gasteiger charge is 2.35. The molecule has 1 aliphatic carbocycles. The molecule has 5 aromatic rings. The summed E-state index contributed by atoms with van der Waals surface area (Å²) in [6, 6.07) is 12.6. The maximum atomic E-state index is 13.8. The van der Waals surface area contributed by atoms with Crippen LogP contribution in [0.2, 0.25) is 0 Å². The van der Waals surface area contributed by atoms with Crippen molar-refractivity contribution >= 4 is 27.1 Å². The van der Waals surface area contributed by atoms with Crippen LogP contribution in [0.4, 0.5) is 4.79 Å². The zero-order valence-electron chi connectivity index (χ0n) is 30.6. The van der Waals surface area contributed by atoms with Gasteiger partial charge in [-0.15, -0.1) is 0 Å². The Labute approximate surface area is 317 Å². The van der Waals surface area contributed by atoms with Gasteiger partial charge in [-0.05, 0) is 86.4 Å². The molecule has 2 aromatic carbocycles. The van der Waals surface area contributed by atoms with Crippen LogP contribution >= 0.6 is 0 Å². The molecule has 4 heterocycles. The quantitative estimate of drug-likeness (QED) is 0.107. The van der Waals surface area contributed by atoms with Crippen LogP contribution in [0.5, 0.6) is 23.0 Å². The molecular weight excluding hydrogens is 737 g/mol. The third kappa shape index (κ3) is 8.91. The SMILES string of the molecule is COc1ccc(-c2nc(COC3CCC(C[C@H](NC(=O)Oc4coc5occc45)[C@H](O)CNC(C(C)C)S(=O)(=O)c4ccc5c(c4)OCO5)CC3)no2)cc1. The third-order valence-corrected chi connectivity index (χ3v) is 12.2. The number of hydrogen-bond acceptors (Lipinski definition) is 15. The van der Waals surface area contributed by atoms with Crippen LogP contribution in [0.25, 0.3) is 22.6 Å². The van der Waals surface area contributed by atoms with Gasteiger partial charge < -0.3 is 47.5 Å². The fourth-order valence-electron chi connectivity index (χ4n) is 6.94. The molecule has 1 fully saturated rings. The summed E-state index contributed by atoms with van der Waals surface area (Å²) in [6.45, 7) is 3.64. The second-order valence-corrected chi connectivity index (χ2v) is 16.1. The van der Waals surface area contributed by atoms with Crippen molar-refractivity contribution < 1.29 is 55.4 Å². The number of rotatable bonds is 16. The average molecular weight is 781 g/mol. The molecule has 3 aromatic heterocycles. The van der Waals surface area contributed by atoms with E-state index in [0.717, 1.165) is 37.0 Å². The first-order valence-corrected chi connectivity index (χ1v) is 19.7. The molecule has 0 radical (unpaired) electrons. The van der Waals surface area contributed by atoms with Gasteiger partial charge in [0.1, 0.15) is 29.4 Å². The number of carbonyl (C=O) groups excluding carboxylic acids is 1. The molecule has 3 atom stereocenters. The van der Waals surface area contributed by atoms with E-state index in [-0.39, 0.29) is 54.3 Å². The Kier molecular flexibility index (Phi) is 11.6. The Balaban J connectivity index is 0.969. The van der Waals surface area contributed by atoms with Crippen LogP contribution in [-0.2, 0) is 21.2 Å². The molecule has 16 nitrogen and oxygen atoms in total. The van der Waals surface area contributed by atoms with E-state index in [0.29, 0.717) is 35.0 Å². The van der Waals surface area contributed by atoms with Crippen molar-refractivity contribution in [2.24, 2.45) is 11.8 Å². The number of hydrogen-bond donors (Lipinski definition) is 3. The van der Waals surface area contributed by atoms with E-state index in [1.54, 1.807) is 33.1 Å². The average Bonchev–Trinajstić information content (AvgIpc) is 4.01. The topological polar surface area (TPSA) is 207 Å². The number of fused-ring (bicyclic) bond motifs is 2. The first-order chi connectivity index (χ1) is 26.6. The molecule has 1 amide bonds. The van der Waals surface area contributed by atoms with Gasteiger partial charge in [-0.1, -0.05) is 19.0 Å². The predicted octanol–water partition coefficient (Wildman–Crippen LogP) is 5.84. The van der Waals surface area contributed by atoms with Gasteiger partial charge in [0.15, 0.2) is 32.9 Å². The van der Waals surface area contributed by atoms with Gasteiger partial charge in [-0.3, -0.25) is 5.32 Å². The molecule has 2 aliphatic rings. The van der Waals surface area contributed by atoms with Crippen LogP contribution in [0, 0.1) is 11.8 Å². The number of aliphatic hydroxyl groups excluding tert-OH is 1. The zero-order chi connectivity index (χ0) is 38.5. The predicted molar refractivity (Wildman–Crippen MR) is 195 cm³/mol. The lowest BCUT2D eigenvalue weighted by molar-refractivity contribution is -0.000366.